The fourth-order valence-electron chi connectivity index (χ4n) is 3.12. The molecule has 1 aromatic carbocycles. The highest BCUT2D eigenvalue weighted by Crippen LogP contribution is 2.31. The molecule has 28 heavy (non-hydrogen) atoms. The van der Waals surface area contributed by atoms with Crippen molar-refractivity contribution in [3.63, 3.8) is 0 Å². The van der Waals surface area contributed by atoms with E-state index >= 15 is 0 Å². The van der Waals surface area contributed by atoms with E-state index in [0.717, 1.165) is 17.0 Å². The lowest BCUT2D eigenvalue weighted by atomic mass is 10.0. The number of benzene rings is 1. The van der Waals surface area contributed by atoms with Crippen LogP contribution in [0.15, 0.2) is 47.7 Å². The van der Waals surface area contributed by atoms with E-state index in [9.17, 15) is 4.79 Å². The number of rotatable bonds is 3. The van der Waals surface area contributed by atoms with Gasteiger partial charge in [0.05, 0.1) is 17.6 Å². The Kier molecular flexibility index (Phi) is 4.83. The summed E-state index contributed by atoms with van der Waals surface area (Å²) in [7, 11) is 0. The molecule has 0 spiro atoms. The average Bonchev–Trinajstić information content (AvgIpc) is 2.68. The van der Waals surface area contributed by atoms with Crippen molar-refractivity contribution < 1.29 is 0 Å². The Bertz CT molecular complexity index is 1270. The van der Waals surface area contributed by atoms with E-state index in [1.54, 1.807) is 35.3 Å². The van der Waals surface area contributed by atoms with Gasteiger partial charge in [-0.15, -0.1) is 0 Å². The third-order valence-corrected chi connectivity index (χ3v) is 4.92. The summed E-state index contributed by atoms with van der Waals surface area (Å²) in [5.74, 6) is 0. The summed E-state index contributed by atoms with van der Waals surface area (Å²) in [6.07, 6.45) is 4.97. The van der Waals surface area contributed by atoms with Crippen LogP contribution in [0.5, 0.6) is 0 Å². The van der Waals surface area contributed by atoms with Crippen molar-refractivity contribution in [3.05, 3.63) is 69.2 Å². The van der Waals surface area contributed by atoms with Gasteiger partial charge >= 0.3 is 0 Å². The summed E-state index contributed by atoms with van der Waals surface area (Å²) in [6.45, 7) is 4.20. The van der Waals surface area contributed by atoms with Crippen LogP contribution in [-0.2, 0) is 6.54 Å². The average molecular weight is 412 g/mol. The number of fused-ring (bicyclic) bond motifs is 1. The first kappa shape index (κ1) is 18.5. The van der Waals surface area contributed by atoms with Crippen LogP contribution in [0.2, 0.25) is 10.3 Å². The Labute approximate surface area is 170 Å². The minimum Gasteiger partial charge on any atom is -0.292 e. The molecule has 0 saturated heterocycles. The van der Waals surface area contributed by atoms with Gasteiger partial charge in [0.25, 0.3) is 5.56 Å². The van der Waals surface area contributed by atoms with Gasteiger partial charge in [-0.2, -0.15) is 4.98 Å². The van der Waals surface area contributed by atoms with Gasteiger partial charge in [0.2, 0.25) is 5.28 Å². The van der Waals surface area contributed by atoms with Crippen molar-refractivity contribution in [2.24, 2.45) is 0 Å². The Hall–Kier alpha value is -2.83. The molecule has 0 aliphatic rings. The van der Waals surface area contributed by atoms with Crippen LogP contribution in [-0.4, -0.2) is 24.5 Å². The maximum atomic E-state index is 13.1. The lowest BCUT2D eigenvalue weighted by Gasteiger charge is -2.12. The van der Waals surface area contributed by atoms with Crippen molar-refractivity contribution in [2.45, 2.75) is 20.4 Å². The second-order valence-electron chi connectivity index (χ2n) is 6.27. The monoisotopic (exact) mass is 411 g/mol. The first-order chi connectivity index (χ1) is 13.5. The van der Waals surface area contributed by atoms with Crippen molar-refractivity contribution in [3.8, 4) is 22.4 Å². The number of hydrogen-bond donors (Lipinski definition) is 0. The quantitative estimate of drug-likeness (QED) is 0.462. The Morgan fingerprint density at radius 3 is 2.57 bits per heavy atom. The summed E-state index contributed by atoms with van der Waals surface area (Å²) in [5.41, 5.74) is 3.80. The van der Waals surface area contributed by atoms with Gasteiger partial charge in [0.15, 0.2) is 0 Å². The largest absolute Gasteiger partial charge is 0.292 e. The molecule has 140 valence electrons. The number of nitrogens with zero attached hydrogens (tertiary/aromatic N) is 5. The molecule has 3 aromatic heterocycles. The van der Waals surface area contributed by atoms with E-state index in [-0.39, 0.29) is 10.8 Å². The third-order valence-electron chi connectivity index (χ3n) is 4.42. The van der Waals surface area contributed by atoms with Gasteiger partial charge in [0.1, 0.15) is 5.65 Å². The van der Waals surface area contributed by atoms with Crippen LogP contribution in [0.25, 0.3) is 33.4 Å². The molecular formula is C20H15Cl2N5O. The van der Waals surface area contributed by atoms with Crippen molar-refractivity contribution in [1.29, 1.82) is 0 Å². The Balaban J connectivity index is 1.90. The summed E-state index contributed by atoms with van der Waals surface area (Å²) < 4.78 is 1.56. The molecule has 0 fully saturated rings. The maximum Gasteiger partial charge on any atom is 0.260 e. The summed E-state index contributed by atoms with van der Waals surface area (Å²) in [6, 6.07) is 7.23. The lowest BCUT2D eigenvalue weighted by molar-refractivity contribution is 0.750. The lowest BCUT2D eigenvalue weighted by Crippen LogP contribution is -2.22. The molecular weight excluding hydrogens is 397 g/mol. The molecule has 0 aliphatic carbocycles. The number of halogens is 2. The second kappa shape index (κ2) is 7.30. The summed E-state index contributed by atoms with van der Waals surface area (Å²) >= 11 is 12.4. The highest BCUT2D eigenvalue weighted by molar-refractivity contribution is 6.33. The number of pyridine rings is 1. The molecule has 0 atom stereocenters. The van der Waals surface area contributed by atoms with Gasteiger partial charge in [-0.1, -0.05) is 23.7 Å². The molecule has 0 amide bonds. The molecule has 4 rings (SSSR count). The van der Waals surface area contributed by atoms with Crippen molar-refractivity contribution in [2.75, 3.05) is 0 Å². The molecule has 0 aliphatic heterocycles. The molecule has 0 saturated carbocycles. The van der Waals surface area contributed by atoms with Crippen LogP contribution in [0, 0.1) is 6.92 Å². The smallest absolute Gasteiger partial charge is 0.260 e. The van der Waals surface area contributed by atoms with Crippen LogP contribution in [0.1, 0.15) is 12.6 Å². The van der Waals surface area contributed by atoms with Crippen LogP contribution in [0.3, 0.4) is 0 Å². The first-order valence-corrected chi connectivity index (χ1v) is 9.38. The molecule has 8 heteroatoms. The van der Waals surface area contributed by atoms with Crippen molar-refractivity contribution in [1.82, 2.24) is 24.5 Å². The zero-order valence-corrected chi connectivity index (χ0v) is 16.7. The molecule has 0 radical (unpaired) electrons. The van der Waals surface area contributed by atoms with Gasteiger partial charge in [0, 0.05) is 46.0 Å². The van der Waals surface area contributed by atoms with Gasteiger partial charge in [-0.25, -0.2) is 9.97 Å². The minimum atomic E-state index is -0.185. The topological polar surface area (TPSA) is 73.6 Å². The van der Waals surface area contributed by atoms with Crippen LogP contribution >= 0.6 is 23.2 Å². The van der Waals surface area contributed by atoms with Gasteiger partial charge < -0.3 is 0 Å². The molecule has 6 nitrogen and oxygen atoms in total. The highest BCUT2D eigenvalue weighted by Gasteiger charge is 2.15. The van der Waals surface area contributed by atoms with Crippen molar-refractivity contribution >= 4 is 34.2 Å². The van der Waals surface area contributed by atoms with E-state index in [0.29, 0.717) is 33.7 Å². The summed E-state index contributed by atoms with van der Waals surface area (Å²) in [4.78, 5) is 29.9. The Morgan fingerprint density at radius 2 is 1.86 bits per heavy atom. The number of aryl methyl sites for hydroxylation is 2. The SMILES string of the molecule is CCn1c(=O)c(-c2ccc(-c3cncc(C)n3)cc2Cl)cc2cnc(Cl)nc21. The molecule has 0 N–H and O–H groups in total. The fraction of sp³-hybridized carbons (Fsp3) is 0.150. The highest BCUT2D eigenvalue weighted by atomic mass is 35.5. The molecule has 4 aromatic rings. The zero-order chi connectivity index (χ0) is 19.8. The zero-order valence-electron chi connectivity index (χ0n) is 15.1. The summed E-state index contributed by atoms with van der Waals surface area (Å²) in [5, 5.41) is 1.27. The number of aromatic nitrogens is 5. The third kappa shape index (κ3) is 3.25. The standard InChI is InChI=1S/C20H15Cl2N5O/c1-3-27-18-13(9-24-20(22)26-18)6-15(19(27)28)14-5-4-12(7-16(14)21)17-10-23-8-11(2)25-17/h4-10H,3H2,1-2H3. The van der Waals surface area contributed by atoms with Gasteiger partial charge in [-0.3, -0.25) is 14.3 Å². The maximum absolute atomic E-state index is 13.1. The number of hydrogen-bond acceptors (Lipinski definition) is 5. The first-order valence-electron chi connectivity index (χ1n) is 8.63. The molecule has 0 unspecified atom stereocenters. The van der Waals surface area contributed by atoms with E-state index < -0.39 is 0 Å². The second-order valence-corrected chi connectivity index (χ2v) is 7.01. The predicted octanol–water partition coefficient (Wildman–Crippen LogP) is 4.55. The molecule has 0 bridgehead atoms. The minimum absolute atomic E-state index is 0.100. The predicted molar refractivity (Wildman–Crippen MR) is 111 cm³/mol. The molecule has 3 heterocycles. The van der Waals surface area contributed by atoms with E-state index in [1.165, 1.54) is 0 Å². The van der Waals surface area contributed by atoms with E-state index in [4.69, 9.17) is 23.2 Å². The van der Waals surface area contributed by atoms with Crippen LogP contribution in [0.4, 0.5) is 0 Å². The fourth-order valence-corrected chi connectivity index (χ4v) is 3.53. The van der Waals surface area contributed by atoms with Crippen LogP contribution < -0.4 is 5.56 Å². The Morgan fingerprint density at radius 1 is 1.04 bits per heavy atom. The van der Waals surface area contributed by atoms with E-state index in [1.807, 2.05) is 26.0 Å². The normalized spacial score (nSPS) is 11.1. The van der Waals surface area contributed by atoms with Gasteiger partial charge in [-0.05, 0) is 37.6 Å². The van der Waals surface area contributed by atoms with E-state index in [2.05, 4.69) is 19.9 Å².